The van der Waals surface area contributed by atoms with Crippen LogP contribution in [0.15, 0.2) is 24.4 Å². The van der Waals surface area contributed by atoms with Gasteiger partial charge in [-0.15, -0.1) is 0 Å². The van der Waals surface area contributed by atoms with E-state index in [1.54, 1.807) is 0 Å². The summed E-state index contributed by atoms with van der Waals surface area (Å²) in [5.74, 6) is 0.993. The van der Waals surface area contributed by atoms with Crippen molar-refractivity contribution in [3.63, 3.8) is 0 Å². The number of benzene rings is 1. The molecule has 0 spiro atoms. The maximum absolute atomic E-state index is 6.20. The van der Waals surface area contributed by atoms with Crippen molar-refractivity contribution in [1.29, 1.82) is 0 Å². The molecule has 2 aliphatic rings. The Morgan fingerprint density at radius 2 is 2.29 bits per heavy atom. The van der Waals surface area contributed by atoms with Gasteiger partial charge in [0.15, 0.2) is 0 Å². The first kappa shape index (κ1) is 13.2. The van der Waals surface area contributed by atoms with Crippen LogP contribution in [0.5, 0.6) is 5.75 Å². The maximum atomic E-state index is 6.20. The Kier molecular flexibility index (Phi) is 3.36. The summed E-state index contributed by atoms with van der Waals surface area (Å²) in [6.07, 6.45) is 5.56. The van der Waals surface area contributed by atoms with E-state index in [4.69, 9.17) is 16.3 Å². The number of nitrogens with zero attached hydrogens (tertiary/aromatic N) is 2. The van der Waals surface area contributed by atoms with Crippen LogP contribution in [0, 0.1) is 0 Å². The predicted octanol–water partition coefficient (Wildman–Crippen LogP) is 2.77. The Balaban J connectivity index is 1.50. The normalized spacial score (nSPS) is 16.8. The highest BCUT2D eigenvalue weighted by Crippen LogP contribution is 2.33. The van der Waals surface area contributed by atoms with Gasteiger partial charge in [0.1, 0.15) is 5.75 Å². The largest absolute Gasteiger partial charge is 0.493 e. The average Bonchev–Trinajstić information content (AvgIpc) is 2.98. The summed E-state index contributed by atoms with van der Waals surface area (Å²) < 4.78 is 7.69. The van der Waals surface area contributed by atoms with Gasteiger partial charge in [0, 0.05) is 35.8 Å². The van der Waals surface area contributed by atoms with Crippen molar-refractivity contribution in [2.24, 2.45) is 0 Å². The highest BCUT2D eigenvalue weighted by Gasteiger charge is 2.21. The number of aromatic nitrogens is 2. The van der Waals surface area contributed by atoms with Crippen molar-refractivity contribution in [3.05, 3.63) is 46.2 Å². The molecule has 1 aromatic carbocycles. The minimum Gasteiger partial charge on any atom is -0.493 e. The van der Waals surface area contributed by atoms with Gasteiger partial charge in [0.2, 0.25) is 0 Å². The average molecular weight is 304 g/mol. The predicted molar refractivity (Wildman–Crippen MR) is 81.8 cm³/mol. The zero-order valence-electron chi connectivity index (χ0n) is 11.8. The summed E-state index contributed by atoms with van der Waals surface area (Å²) in [5, 5.41) is 8.87. The van der Waals surface area contributed by atoms with Gasteiger partial charge < -0.3 is 10.1 Å². The molecule has 0 unspecified atom stereocenters. The zero-order valence-corrected chi connectivity index (χ0v) is 12.6. The highest BCUT2D eigenvalue weighted by atomic mass is 35.5. The molecular weight excluding hydrogens is 286 g/mol. The summed E-state index contributed by atoms with van der Waals surface area (Å²) in [5.41, 5.74) is 3.40. The molecule has 0 amide bonds. The Bertz CT molecular complexity index is 664. The van der Waals surface area contributed by atoms with Crippen LogP contribution in [0.25, 0.3) is 0 Å². The number of ether oxygens (including phenoxy) is 1. The van der Waals surface area contributed by atoms with Gasteiger partial charge in [-0.05, 0) is 36.6 Å². The molecule has 2 aromatic rings. The SMILES string of the molecule is Clc1cc2c(c(Cn3ccc(CNC4CC4)n3)c1)OCC2. The van der Waals surface area contributed by atoms with E-state index in [1.807, 2.05) is 23.0 Å². The molecule has 0 saturated heterocycles. The quantitative estimate of drug-likeness (QED) is 0.923. The van der Waals surface area contributed by atoms with Crippen molar-refractivity contribution in [1.82, 2.24) is 15.1 Å². The molecule has 1 N–H and O–H groups in total. The molecule has 1 aliphatic carbocycles. The molecule has 1 aromatic heterocycles. The monoisotopic (exact) mass is 303 g/mol. The van der Waals surface area contributed by atoms with E-state index in [1.165, 1.54) is 18.4 Å². The fraction of sp³-hybridized carbons (Fsp3) is 0.438. The van der Waals surface area contributed by atoms with Crippen LogP contribution >= 0.6 is 11.6 Å². The second-order valence-corrected chi connectivity index (χ2v) is 6.25. The topological polar surface area (TPSA) is 39.1 Å². The molecule has 2 heterocycles. The van der Waals surface area contributed by atoms with Crippen molar-refractivity contribution >= 4 is 11.6 Å². The molecule has 1 saturated carbocycles. The van der Waals surface area contributed by atoms with Crippen LogP contribution in [0.2, 0.25) is 5.02 Å². The first-order chi connectivity index (χ1) is 10.3. The standard InChI is InChI=1S/C16H18ClN3O/c17-13-7-11-4-6-21-16(11)12(8-13)10-20-5-3-15(19-20)9-18-14-1-2-14/h3,5,7-8,14,18H,1-2,4,6,9-10H2. The number of nitrogens with one attached hydrogen (secondary N) is 1. The van der Waals surface area contributed by atoms with E-state index >= 15 is 0 Å². The smallest absolute Gasteiger partial charge is 0.127 e. The van der Waals surface area contributed by atoms with Gasteiger partial charge in [0.25, 0.3) is 0 Å². The Labute approximate surface area is 129 Å². The third-order valence-corrected chi connectivity index (χ3v) is 4.22. The summed E-state index contributed by atoms with van der Waals surface area (Å²) >= 11 is 6.20. The second-order valence-electron chi connectivity index (χ2n) is 5.81. The lowest BCUT2D eigenvalue weighted by molar-refractivity contribution is 0.352. The fourth-order valence-electron chi connectivity index (χ4n) is 2.76. The van der Waals surface area contributed by atoms with Crippen molar-refractivity contribution in [2.45, 2.75) is 38.4 Å². The van der Waals surface area contributed by atoms with Crippen LogP contribution in [-0.4, -0.2) is 22.4 Å². The van der Waals surface area contributed by atoms with E-state index < -0.39 is 0 Å². The van der Waals surface area contributed by atoms with Crippen LogP contribution < -0.4 is 10.1 Å². The van der Waals surface area contributed by atoms with E-state index in [9.17, 15) is 0 Å². The Hall–Kier alpha value is -1.52. The molecular formula is C16H18ClN3O. The number of hydrogen-bond donors (Lipinski definition) is 1. The summed E-state index contributed by atoms with van der Waals surface area (Å²) in [6, 6.07) is 6.76. The van der Waals surface area contributed by atoms with Gasteiger partial charge in [-0.1, -0.05) is 11.6 Å². The fourth-order valence-corrected chi connectivity index (χ4v) is 3.02. The number of fused-ring (bicyclic) bond motifs is 1. The lowest BCUT2D eigenvalue weighted by Gasteiger charge is -2.09. The second kappa shape index (κ2) is 5.35. The Morgan fingerprint density at radius 3 is 3.14 bits per heavy atom. The third kappa shape index (κ3) is 2.92. The number of rotatable bonds is 5. The molecule has 5 heteroatoms. The van der Waals surface area contributed by atoms with Gasteiger partial charge in [-0.25, -0.2) is 0 Å². The van der Waals surface area contributed by atoms with E-state index in [0.717, 1.165) is 41.6 Å². The molecule has 0 atom stereocenters. The molecule has 110 valence electrons. The zero-order chi connectivity index (χ0) is 14.2. The van der Waals surface area contributed by atoms with Crippen molar-refractivity contribution < 1.29 is 4.74 Å². The first-order valence-electron chi connectivity index (χ1n) is 7.48. The van der Waals surface area contributed by atoms with Crippen LogP contribution in [0.3, 0.4) is 0 Å². The van der Waals surface area contributed by atoms with Crippen molar-refractivity contribution in [3.8, 4) is 5.75 Å². The lowest BCUT2D eigenvalue weighted by atomic mass is 10.1. The van der Waals surface area contributed by atoms with Crippen molar-refractivity contribution in [2.75, 3.05) is 6.61 Å². The lowest BCUT2D eigenvalue weighted by Crippen LogP contribution is -2.16. The van der Waals surface area contributed by atoms with Crippen LogP contribution in [0.1, 0.15) is 29.7 Å². The first-order valence-corrected chi connectivity index (χ1v) is 7.85. The molecule has 0 bridgehead atoms. The van der Waals surface area contributed by atoms with Gasteiger partial charge in [-0.2, -0.15) is 5.10 Å². The van der Waals surface area contributed by atoms with Crippen LogP contribution in [0.4, 0.5) is 0 Å². The summed E-state index contributed by atoms with van der Waals surface area (Å²) in [4.78, 5) is 0. The molecule has 1 aliphatic heterocycles. The molecule has 1 fully saturated rings. The summed E-state index contributed by atoms with van der Waals surface area (Å²) in [6.45, 7) is 2.30. The van der Waals surface area contributed by atoms with E-state index in [-0.39, 0.29) is 0 Å². The number of hydrogen-bond acceptors (Lipinski definition) is 3. The minimum atomic E-state index is 0.701. The molecule has 4 rings (SSSR count). The van der Waals surface area contributed by atoms with E-state index in [0.29, 0.717) is 12.6 Å². The molecule has 0 radical (unpaired) electrons. The molecule has 21 heavy (non-hydrogen) atoms. The van der Waals surface area contributed by atoms with Gasteiger partial charge in [0.05, 0.1) is 18.8 Å². The Morgan fingerprint density at radius 1 is 1.38 bits per heavy atom. The maximum Gasteiger partial charge on any atom is 0.127 e. The summed E-state index contributed by atoms with van der Waals surface area (Å²) in [7, 11) is 0. The molecule has 4 nitrogen and oxygen atoms in total. The van der Waals surface area contributed by atoms with Crippen LogP contribution in [-0.2, 0) is 19.5 Å². The number of halogens is 1. The third-order valence-electron chi connectivity index (χ3n) is 4.00. The van der Waals surface area contributed by atoms with Gasteiger partial charge >= 0.3 is 0 Å². The van der Waals surface area contributed by atoms with Gasteiger partial charge in [-0.3, -0.25) is 4.68 Å². The van der Waals surface area contributed by atoms with E-state index in [2.05, 4.69) is 16.5 Å². The highest BCUT2D eigenvalue weighted by molar-refractivity contribution is 6.30. The minimum absolute atomic E-state index is 0.701.